The molecular formula is C12H19NO. The van der Waals surface area contributed by atoms with Crippen LogP contribution in [0.25, 0.3) is 0 Å². The Kier molecular flexibility index (Phi) is 4.30. The second-order valence-corrected chi connectivity index (χ2v) is 3.63. The zero-order valence-electron chi connectivity index (χ0n) is 9.21. The molecule has 0 radical (unpaired) electrons. The summed E-state index contributed by atoms with van der Waals surface area (Å²) in [6, 6.07) is 8.03. The van der Waals surface area contributed by atoms with E-state index in [-0.39, 0.29) is 0 Å². The molecular weight excluding hydrogens is 174 g/mol. The van der Waals surface area contributed by atoms with Crippen molar-refractivity contribution in [2.24, 2.45) is 5.92 Å². The lowest BCUT2D eigenvalue weighted by Gasteiger charge is -2.11. The molecule has 0 aliphatic carbocycles. The van der Waals surface area contributed by atoms with Crippen LogP contribution in [0.15, 0.2) is 24.3 Å². The molecule has 1 aromatic carbocycles. The third kappa shape index (κ3) is 3.29. The molecule has 0 aromatic heterocycles. The molecule has 2 heteroatoms. The van der Waals surface area contributed by atoms with Gasteiger partial charge >= 0.3 is 0 Å². The molecule has 0 aliphatic rings. The molecule has 1 rings (SSSR count). The second kappa shape index (κ2) is 5.53. The zero-order chi connectivity index (χ0) is 10.4. The van der Waals surface area contributed by atoms with Gasteiger partial charge in [-0.1, -0.05) is 26.3 Å². The maximum absolute atomic E-state index is 5.15. The number of methoxy groups -OCH3 is 1. The Balaban J connectivity index is 2.50. The molecule has 0 amide bonds. The number of hydrogen-bond acceptors (Lipinski definition) is 2. The summed E-state index contributed by atoms with van der Waals surface area (Å²) in [4.78, 5) is 0. The van der Waals surface area contributed by atoms with E-state index in [1.54, 1.807) is 7.11 Å². The van der Waals surface area contributed by atoms with Crippen LogP contribution in [0.5, 0.6) is 5.75 Å². The van der Waals surface area contributed by atoms with Crippen molar-refractivity contribution in [3.63, 3.8) is 0 Å². The first-order chi connectivity index (χ1) is 6.76. The first-order valence-corrected chi connectivity index (χ1v) is 5.14. The lowest BCUT2D eigenvalue weighted by molar-refractivity contribution is 0.415. The van der Waals surface area contributed by atoms with E-state index < -0.39 is 0 Å². The molecule has 0 aliphatic heterocycles. The van der Waals surface area contributed by atoms with Crippen molar-refractivity contribution in [2.45, 2.75) is 20.3 Å². The predicted molar refractivity (Wildman–Crippen MR) is 60.9 cm³/mol. The molecule has 2 nitrogen and oxygen atoms in total. The highest BCUT2D eigenvalue weighted by atomic mass is 16.5. The summed E-state index contributed by atoms with van der Waals surface area (Å²) < 4.78 is 5.15. The minimum atomic E-state index is 0.709. The average molecular weight is 193 g/mol. The summed E-state index contributed by atoms with van der Waals surface area (Å²) in [6.07, 6.45) is 1.21. The Morgan fingerprint density at radius 1 is 1.43 bits per heavy atom. The molecule has 14 heavy (non-hydrogen) atoms. The van der Waals surface area contributed by atoms with Crippen LogP contribution in [0.4, 0.5) is 5.69 Å². The van der Waals surface area contributed by atoms with Crippen molar-refractivity contribution in [1.29, 1.82) is 0 Å². The minimum absolute atomic E-state index is 0.709. The third-order valence-corrected chi connectivity index (χ3v) is 2.42. The van der Waals surface area contributed by atoms with Gasteiger partial charge in [-0.2, -0.15) is 0 Å². The van der Waals surface area contributed by atoms with E-state index in [0.717, 1.165) is 18.0 Å². The Morgan fingerprint density at radius 2 is 2.21 bits per heavy atom. The molecule has 0 saturated carbocycles. The molecule has 0 unspecified atom stereocenters. The average Bonchev–Trinajstić information content (AvgIpc) is 2.26. The maximum Gasteiger partial charge on any atom is 0.120 e. The molecule has 0 spiro atoms. The van der Waals surface area contributed by atoms with Crippen LogP contribution in [0.2, 0.25) is 0 Å². The first-order valence-electron chi connectivity index (χ1n) is 5.14. The van der Waals surface area contributed by atoms with Crippen LogP contribution < -0.4 is 10.1 Å². The topological polar surface area (TPSA) is 21.3 Å². The highest BCUT2D eigenvalue weighted by Crippen LogP contribution is 2.17. The first kappa shape index (κ1) is 10.9. The highest BCUT2D eigenvalue weighted by Gasteiger charge is 1.99. The van der Waals surface area contributed by atoms with Gasteiger partial charge in [0.25, 0.3) is 0 Å². The van der Waals surface area contributed by atoms with Crippen molar-refractivity contribution in [1.82, 2.24) is 0 Å². The molecule has 1 aromatic rings. The van der Waals surface area contributed by atoms with Crippen molar-refractivity contribution in [3.05, 3.63) is 24.3 Å². The van der Waals surface area contributed by atoms with Crippen LogP contribution in [-0.2, 0) is 0 Å². The number of hydrogen-bond donors (Lipinski definition) is 1. The number of rotatable bonds is 5. The predicted octanol–water partition coefficient (Wildman–Crippen LogP) is 3.15. The number of ether oxygens (including phenoxy) is 1. The van der Waals surface area contributed by atoms with E-state index in [1.165, 1.54) is 6.42 Å². The number of nitrogens with one attached hydrogen (secondary N) is 1. The van der Waals surface area contributed by atoms with Crippen LogP contribution in [-0.4, -0.2) is 13.7 Å². The summed E-state index contributed by atoms with van der Waals surface area (Å²) >= 11 is 0. The highest BCUT2D eigenvalue weighted by molar-refractivity contribution is 5.48. The van der Waals surface area contributed by atoms with E-state index in [9.17, 15) is 0 Å². The Bertz CT molecular complexity index is 273. The summed E-state index contributed by atoms with van der Waals surface area (Å²) in [5.74, 6) is 1.61. The lowest BCUT2D eigenvalue weighted by Crippen LogP contribution is -2.10. The Labute approximate surface area is 86.3 Å². The maximum atomic E-state index is 5.15. The van der Waals surface area contributed by atoms with E-state index >= 15 is 0 Å². The van der Waals surface area contributed by atoms with Gasteiger partial charge in [-0.05, 0) is 18.1 Å². The summed E-state index contributed by atoms with van der Waals surface area (Å²) in [7, 11) is 1.69. The Hall–Kier alpha value is -1.18. The van der Waals surface area contributed by atoms with Gasteiger partial charge in [0.15, 0.2) is 0 Å². The van der Waals surface area contributed by atoms with Gasteiger partial charge in [0, 0.05) is 18.3 Å². The second-order valence-electron chi connectivity index (χ2n) is 3.63. The standard InChI is InChI=1S/C12H19NO/c1-4-10(2)9-13-11-6-5-7-12(8-11)14-3/h5-8,10,13H,4,9H2,1-3H3/t10-/m0/s1. The van der Waals surface area contributed by atoms with Gasteiger partial charge < -0.3 is 10.1 Å². The Morgan fingerprint density at radius 3 is 2.86 bits per heavy atom. The summed E-state index contributed by atoms with van der Waals surface area (Å²) in [5.41, 5.74) is 1.13. The quantitative estimate of drug-likeness (QED) is 0.775. The largest absolute Gasteiger partial charge is 0.497 e. The molecule has 1 N–H and O–H groups in total. The molecule has 78 valence electrons. The smallest absolute Gasteiger partial charge is 0.120 e. The van der Waals surface area contributed by atoms with Crippen molar-refractivity contribution >= 4 is 5.69 Å². The molecule has 0 heterocycles. The lowest BCUT2D eigenvalue weighted by atomic mass is 10.1. The fourth-order valence-electron chi connectivity index (χ4n) is 1.17. The van der Waals surface area contributed by atoms with Gasteiger partial charge in [0.1, 0.15) is 5.75 Å². The minimum Gasteiger partial charge on any atom is -0.497 e. The van der Waals surface area contributed by atoms with Crippen LogP contribution in [0.3, 0.4) is 0 Å². The summed E-state index contributed by atoms with van der Waals surface area (Å²) in [6.45, 7) is 5.47. The molecule has 0 fully saturated rings. The summed E-state index contributed by atoms with van der Waals surface area (Å²) in [5, 5.41) is 3.39. The monoisotopic (exact) mass is 193 g/mol. The fourth-order valence-corrected chi connectivity index (χ4v) is 1.17. The van der Waals surface area contributed by atoms with Crippen LogP contribution in [0.1, 0.15) is 20.3 Å². The number of anilines is 1. The SMILES string of the molecule is CC[C@H](C)CNc1cccc(OC)c1. The van der Waals surface area contributed by atoms with E-state index in [0.29, 0.717) is 5.92 Å². The van der Waals surface area contributed by atoms with Gasteiger partial charge in [0.05, 0.1) is 7.11 Å². The van der Waals surface area contributed by atoms with Crippen molar-refractivity contribution in [2.75, 3.05) is 19.0 Å². The van der Waals surface area contributed by atoms with Gasteiger partial charge in [-0.25, -0.2) is 0 Å². The normalized spacial score (nSPS) is 12.2. The van der Waals surface area contributed by atoms with Gasteiger partial charge in [0.2, 0.25) is 0 Å². The fraction of sp³-hybridized carbons (Fsp3) is 0.500. The van der Waals surface area contributed by atoms with Gasteiger partial charge in [-0.3, -0.25) is 0 Å². The van der Waals surface area contributed by atoms with Crippen LogP contribution >= 0.6 is 0 Å². The van der Waals surface area contributed by atoms with E-state index in [2.05, 4.69) is 25.2 Å². The molecule has 0 bridgehead atoms. The van der Waals surface area contributed by atoms with Crippen molar-refractivity contribution in [3.8, 4) is 5.75 Å². The number of benzene rings is 1. The van der Waals surface area contributed by atoms with Gasteiger partial charge in [-0.15, -0.1) is 0 Å². The van der Waals surface area contributed by atoms with Crippen molar-refractivity contribution < 1.29 is 4.74 Å². The third-order valence-electron chi connectivity index (χ3n) is 2.42. The molecule has 1 atom stereocenters. The van der Waals surface area contributed by atoms with E-state index in [4.69, 9.17) is 4.74 Å². The van der Waals surface area contributed by atoms with Crippen LogP contribution in [0, 0.1) is 5.92 Å². The zero-order valence-corrected chi connectivity index (χ0v) is 9.21. The molecule has 0 saturated heterocycles. The van der Waals surface area contributed by atoms with E-state index in [1.807, 2.05) is 18.2 Å².